The van der Waals surface area contributed by atoms with Gasteiger partial charge in [0.15, 0.2) is 11.7 Å². The number of terminal acetylenes is 1. The molecular formula is C18H25ClO3. The summed E-state index contributed by atoms with van der Waals surface area (Å²) in [4.78, 5) is 11.7. The van der Waals surface area contributed by atoms with Crippen LogP contribution in [0.4, 0.5) is 0 Å². The number of carbonyl (C=O) groups is 1. The predicted octanol–water partition coefficient (Wildman–Crippen LogP) is 4.07. The van der Waals surface area contributed by atoms with Crippen LogP contribution in [0.3, 0.4) is 0 Å². The summed E-state index contributed by atoms with van der Waals surface area (Å²) >= 11 is 6.41. The van der Waals surface area contributed by atoms with Gasteiger partial charge >= 0.3 is 5.97 Å². The van der Waals surface area contributed by atoms with Crippen molar-refractivity contribution in [1.29, 1.82) is 0 Å². The summed E-state index contributed by atoms with van der Waals surface area (Å²) in [6.07, 6.45) is 15.1. The lowest BCUT2D eigenvalue weighted by Crippen LogP contribution is -2.29. The maximum Gasteiger partial charge on any atom is 0.317 e. The second kappa shape index (κ2) is 9.02. The van der Waals surface area contributed by atoms with Gasteiger partial charge in [-0.2, -0.15) is 0 Å². The molecule has 0 aromatic rings. The third-order valence-electron chi connectivity index (χ3n) is 3.41. The number of esters is 1. The first kappa shape index (κ1) is 18.8. The number of ether oxygens (including phenoxy) is 2. The Bertz CT molecular complexity index is 445. The summed E-state index contributed by atoms with van der Waals surface area (Å²) in [5.41, 5.74) is 0. The van der Waals surface area contributed by atoms with Gasteiger partial charge in [-0.15, -0.1) is 6.42 Å². The molecule has 1 aliphatic rings. The molecule has 1 aliphatic carbocycles. The van der Waals surface area contributed by atoms with Crippen LogP contribution in [0.25, 0.3) is 0 Å². The maximum atomic E-state index is 11.7. The molecule has 1 atom stereocenters. The largest absolute Gasteiger partial charge is 0.452 e. The fourth-order valence-corrected chi connectivity index (χ4v) is 2.51. The summed E-state index contributed by atoms with van der Waals surface area (Å²) in [7, 11) is 0. The van der Waals surface area contributed by atoms with E-state index in [0.29, 0.717) is 5.92 Å². The average Bonchev–Trinajstić information content (AvgIpc) is 2.44. The number of hydrogen-bond donors (Lipinski definition) is 0. The van der Waals surface area contributed by atoms with Crippen LogP contribution in [0.5, 0.6) is 0 Å². The molecule has 3 nitrogen and oxygen atoms in total. The molecule has 0 amide bonds. The summed E-state index contributed by atoms with van der Waals surface area (Å²) in [5, 5.41) is -0.986. The summed E-state index contributed by atoms with van der Waals surface area (Å²) in [6.45, 7) is 6.41. The Morgan fingerprint density at radius 2 is 1.95 bits per heavy atom. The third-order valence-corrected chi connectivity index (χ3v) is 3.75. The molecule has 4 heteroatoms. The van der Waals surface area contributed by atoms with E-state index in [2.05, 4.69) is 19.8 Å². The highest BCUT2D eigenvalue weighted by molar-refractivity contribution is 6.25. The number of carbonyl (C=O) groups excluding carboxylic acids is 1. The first-order chi connectivity index (χ1) is 10.4. The fraction of sp³-hybridized carbons (Fsp3) is 0.611. The SMILES string of the molecule is C#CCOC(=O)C1C=CC(Cl)(OC(C)CCCC(C)C)C=C1. The standard InChI is InChI=1S/C18H25ClO3/c1-5-13-21-17(20)16-9-11-18(19,12-10-16)22-15(4)8-6-7-14(2)3/h1,9-12,14-16H,6-8,13H2,2-4H3. The Balaban J connectivity index is 2.44. The van der Waals surface area contributed by atoms with Crippen molar-refractivity contribution in [3.63, 3.8) is 0 Å². The Morgan fingerprint density at radius 1 is 1.32 bits per heavy atom. The van der Waals surface area contributed by atoms with Crippen LogP contribution in [0.15, 0.2) is 24.3 Å². The number of halogens is 1. The zero-order valence-electron chi connectivity index (χ0n) is 13.5. The molecule has 0 fully saturated rings. The van der Waals surface area contributed by atoms with Gasteiger partial charge < -0.3 is 9.47 Å². The lowest BCUT2D eigenvalue weighted by Gasteiger charge is -2.28. The Morgan fingerprint density at radius 3 is 2.50 bits per heavy atom. The second-order valence-electron chi connectivity index (χ2n) is 6.01. The highest BCUT2D eigenvalue weighted by Gasteiger charge is 2.29. The van der Waals surface area contributed by atoms with E-state index in [1.807, 2.05) is 6.92 Å². The topological polar surface area (TPSA) is 35.5 Å². The van der Waals surface area contributed by atoms with E-state index < -0.39 is 11.0 Å². The Kier molecular flexibility index (Phi) is 7.72. The van der Waals surface area contributed by atoms with Gasteiger partial charge in [0.25, 0.3) is 0 Å². The minimum atomic E-state index is -0.986. The van der Waals surface area contributed by atoms with Crippen LogP contribution in [0, 0.1) is 24.2 Å². The first-order valence-corrected chi connectivity index (χ1v) is 8.09. The zero-order valence-corrected chi connectivity index (χ0v) is 14.3. The molecule has 0 heterocycles. The lowest BCUT2D eigenvalue weighted by molar-refractivity contribution is -0.143. The summed E-state index contributed by atoms with van der Waals surface area (Å²) in [5.74, 6) is 2.12. The molecule has 0 bridgehead atoms. The van der Waals surface area contributed by atoms with Crippen LogP contribution in [-0.2, 0) is 14.3 Å². The third kappa shape index (κ3) is 6.68. The van der Waals surface area contributed by atoms with E-state index >= 15 is 0 Å². The maximum absolute atomic E-state index is 11.7. The average molecular weight is 325 g/mol. The van der Waals surface area contributed by atoms with E-state index in [0.717, 1.165) is 12.8 Å². The molecule has 0 aromatic carbocycles. The highest BCUT2D eigenvalue weighted by Crippen LogP contribution is 2.29. The number of hydrogen-bond acceptors (Lipinski definition) is 3. The van der Waals surface area contributed by atoms with Crippen molar-refractivity contribution in [2.75, 3.05) is 6.61 Å². The molecule has 1 unspecified atom stereocenters. The van der Waals surface area contributed by atoms with Crippen LogP contribution >= 0.6 is 11.6 Å². The van der Waals surface area contributed by atoms with Gasteiger partial charge in [-0.3, -0.25) is 4.79 Å². The molecule has 22 heavy (non-hydrogen) atoms. The number of alkyl halides is 1. The van der Waals surface area contributed by atoms with Crippen molar-refractivity contribution < 1.29 is 14.3 Å². The molecule has 0 N–H and O–H groups in total. The molecule has 0 saturated heterocycles. The summed E-state index contributed by atoms with van der Waals surface area (Å²) in [6, 6.07) is 0. The van der Waals surface area contributed by atoms with Gasteiger partial charge in [-0.25, -0.2) is 0 Å². The smallest absolute Gasteiger partial charge is 0.317 e. The summed E-state index contributed by atoms with van der Waals surface area (Å²) < 4.78 is 10.8. The van der Waals surface area contributed by atoms with Gasteiger partial charge in [0.1, 0.15) is 0 Å². The molecule has 1 rings (SSSR count). The molecule has 0 saturated carbocycles. The Hall–Kier alpha value is -1.24. The van der Waals surface area contributed by atoms with E-state index in [1.165, 1.54) is 6.42 Å². The predicted molar refractivity (Wildman–Crippen MR) is 89.4 cm³/mol. The van der Waals surface area contributed by atoms with Gasteiger partial charge in [-0.05, 0) is 31.4 Å². The van der Waals surface area contributed by atoms with Crippen LogP contribution in [-0.4, -0.2) is 23.7 Å². The van der Waals surface area contributed by atoms with Crippen molar-refractivity contribution in [2.24, 2.45) is 11.8 Å². The van der Waals surface area contributed by atoms with Crippen molar-refractivity contribution in [3.8, 4) is 12.3 Å². The van der Waals surface area contributed by atoms with Crippen LogP contribution in [0.2, 0.25) is 0 Å². The molecule has 0 radical (unpaired) electrons. The van der Waals surface area contributed by atoms with Crippen LogP contribution < -0.4 is 0 Å². The highest BCUT2D eigenvalue weighted by atomic mass is 35.5. The van der Waals surface area contributed by atoms with Crippen molar-refractivity contribution in [2.45, 2.75) is 51.2 Å². The Labute approximate surface area is 138 Å². The van der Waals surface area contributed by atoms with Crippen molar-refractivity contribution >= 4 is 17.6 Å². The fourth-order valence-electron chi connectivity index (χ4n) is 2.22. The normalized spacial score (nSPS) is 25.0. The van der Waals surface area contributed by atoms with Crippen LogP contribution in [0.1, 0.15) is 40.0 Å². The second-order valence-corrected chi connectivity index (χ2v) is 6.60. The van der Waals surface area contributed by atoms with E-state index in [-0.39, 0.29) is 18.7 Å². The molecule has 122 valence electrons. The van der Waals surface area contributed by atoms with Crippen molar-refractivity contribution in [3.05, 3.63) is 24.3 Å². The minimum absolute atomic E-state index is 0.0214. The van der Waals surface area contributed by atoms with E-state index in [4.69, 9.17) is 27.5 Å². The molecule has 0 aromatic heterocycles. The molecular weight excluding hydrogens is 300 g/mol. The zero-order chi connectivity index (χ0) is 16.6. The van der Waals surface area contributed by atoms with Crippen molar-refractivity contribution in [1.82, 2.24) is 0 Å². The van der Waals surface area contributed by atoms with Gasteiger partial charge in [0.05, 0.1) is 12.0 Å². The minimum Gasteiger partial charge on any atom is -0.452 e. The monoisotopic (exact) mass is 324 g/mol. The number of rotatable bonds is 8. The molecule has 0 aliphatic heterocycles. The van der Waals surface area contributed by atoms with E-state index in [9.17, 15) is 4.79 Å². The first-order valence-electron chi connectivity index (χ1n) is 7.72. The lowest BCUT2D eigenvalue weighted by atomic mass is 10.0. The van der Waals surface area contributed by atoms with E-state index in [1.54, 1.807) is 24.3 Å². The quantitative estimate of drug-likeness (QED) is 0.292. The van der Waals surface area contributed by atoms with Gasteiger partial charge in [-0.1, -0.05) is 56.4 Å². The molecule has 0 spiro atoms. The van der Waals surface area contributed by atoms with Gasteiger partial charge in [0, 0.05) is 0 Å². The van der Waals surface area contributed by atoms with Gasteiger partial charge in [0.2, 0.25) is 0 Å².